The zero-order valence-corrected chi connectivity index (χ0v) is 11.4. The number of hydrogen-bond donors (Lipinski definition) is 1. The van der Waals surface area contributed by atoms with Gasteiger partial charge in [0.2, 0.25) is 14.2 Å². The van der Waals surface area contributed by atoms with E-state index in [0.717, 1.165) is 24.0 Å². The van der Waals surface area contributed by atoms with Gasteiger partial charge in [-0.1, -0.05) is 6.42 Å². The number of fused-ring (bicyclic) bond motifs is 1. The minimum absolute atomic E-state index is 0.231. The molecule has 2 N–H and O–H groups in total. The first-order valence-corrected chi connectivity index (χ1v) is 8.40. The maximum atomic E-state index is 12.2. The molecule has 0 saturated heterocycles. The number of thiazole rings is 1. The van der Waals surface area contributed by atoms with Crippen LogP contribution in [0.15, 0.2) is 22.5 Å². The third-order valence-corrected chi connectivity index (χ3v) is 6.70. The highest BCUT2D eigenvalue weighted by atomic mass is 32.2. The molecule has 0 aliphatic heterocycles. The van der Waals surface area contributed by atoms with Crippen molar-refractivity contribution < 1.29 is 8.42 Å². The summed E-state index contributed by atoms with van der Waals surface area (Å²) in [5, 5.41) is 0. The SMILES string of the molecule is Nc1ccc2nc(S(=O)(=O)CC3CCC3)sc2c1. The fraction of sp³-hybridized carbons (Fsp3) is 0.417. The van der Waals surface area contributed by atoms with Crippen LogP contribution in [0.1, 0.15) is 19.3 Å². The number of sulfone groups is 1. The molecule has 0 spiro atoms. The average molecular weight is 282 g/mol. The van der Waals surface area contributed by atoms with Gasteiger partial charge in [-0.15, -0.1) is 11.3 Å². The van der Waals surface area contributed by atoms with Gasteiger partial charge in [-0.3, -0.25) is 0 Å². The van der Waals surface area contributed by atoms with Crippen molar-refractivity contribution in [1.29, 1.82) is 0 Å². The molecule has 0 radical (unpaired) electrons. The molecular formula is C12H14N2O2S2. The summed E-state index contributed by atoms with van der Waals surface area (Å²) in [4.78, 5) is 4.21. The zero-order valence-electron chi connectivity index (χ0n) is 9.80. The Morgan fingerprint density at radius 2 is 2.17 bits per heavy atom. The Bertz CT molecular complexity index is 687. The summed E-state index contributed by atoms with van der Waals surface area (Å²) in [6, 6.07) is 5.28. The van der Waals surface area contributed by atoms with Crippen molar-refractivity contribution in [3.8, 4) is 0 Å². The van der Waals surface area contributed by atoms with Crippen LogP contribution in [0.3, 0.4) is 0 Å². The summed E-state index contributed by atoms with van der Waals surface area (Å²) in [7, 11) is -3.23. The Kier molecular flexibility index (Phi) is 2.79. The molecule has 1 fully saturated rings. The highest BCUT2D eigenvalue weighted by Gasteiger charge is 2.28. The van der Waals surface area contributed by atoms with Gasteiger partial charge in [-0.05, 0) is 37.0 Å². The zero-order chi connectivity index (χ0) is 12.8. The highest BCUT2D eigenvalue weighted by molar-refractivity contribution is 7.93. The van der Waals surface area contributed by atoms with Crippen molar-refractivity contribution in [2.24, 2.45) is 5.92 Å². The van der Waals surface area contributed by atoms with Crippen molar-refractivity contribution in [2.45, 2.75) is 23.6 Å². The van der Waals surface area contributed by atoms with Gasteiger partial charge in [-0.25, -0.2) is 13.4 Å². The van der Waals surface area contributed by atoms with Crippen LogP contribution in [0.4, 0.5) is 5.69 Å². The lowest BCUT2D eigenvalue weighted by Gasteiger charge is -2.24. The van der Waals surface area contributed by atoms with Gasteiger partial charge >= 0.3 is 0 Å². The standard InChI is InChI=1S/C12H14N2O2S2/c13-9-4-5-10-11(6-9)17-12(14-10)18(15,16)7-8-2-1-3-8/h4-6,8H,1-3,7,13H2. The fourth-order valence-electron chi connectivity index (χ4n) is 2.09. The van der Waals surface area contributed by atoms with Gasteiger partial charge in [0.1, 0.15) is 0 Å². The van der Waals surface area contributed by atoms with E-state index in [1.165, 1.54) is 11.3 Å². The topological polar surface area (TPSA) is 73.0 Å². The molecule has 0 amide bonds. The van der Waals surface area contributed by atoms with Crippen LogP contribution >= 0.6 is 11.3 Å². The molecule has 6 heteroatoms. The number of nitrogens with zero attached hydrogens (tertiary/aromatic N) is 1. The normalized spacial score (nSPS) is 16.9. The predicted molar refractivity (Wildman–Crippen MR) is 73.4 cm³/mol. The molecule has 0 unspecified atom stereocenters. The number of nitrogens with two attached hydrogens (primary N) is 1. The summed E-state index contributed by atoms with van der Waals surface area (Å²) in [6.07, 6.45) is 3.20. The fourth-order valence-corrected chi connectivity index (χ4v) is 5.15. The second-order valence-electron chi connectivity index (χ2n) is 4.79. The summed E-state index contributed by atoms with van der Waals surface area (Å²) in [5.41, 5.74) is 7.03. The first-order chi connectivity index (χ1) is 8.54. The number of benzene rings is 1. The molecule has 1 heterocycles. The largest absolute Gasteiger partial charge is 0.399 e. The van der Waals surface area contributed by atoms with Crippen LogP contribution in [0.5, 0.6) is 0 Å². The lowest BCUT2D eigenvalue weighted by atomic mass is 9.87. The third kappa shape index (κ3) is 2.10. The van der Waals surface area contributed by atoms with E-state index in [2.05, 4.69) is 4.98 Å². The van der Waals surface area contributed by atoms with E-state index < -0.39 is 9.84 Å². The number of nitrogen functional groups attached to an aromatic ring is 1. The Hall–Kier alpha value is -1.14. The van der Waals surface area contributed by atoms with E-state index in [1.807, 2.05) is 0 Å². The van der Waals surface area contributed by atoms with E-state index in [4.69, 9.17) is 5.73 Å². The lowest BCUT2D eigenvalue weighted by molar-refractivity contribution is 0.347. The van der Waals surface area contributed by atoms with Gasteiger partial charge in [0.05, 0.1) is 16.0 Å². The van der Waals surface area contributed by atoms with Gasteiger partial charge in [0.25, 0.3) is 0 Å². The van der Waals surface area contributed by atoms with Crippen LogP contribution in [0.25, 0.3) is 10.2 Å². The first-order valence-electron chi connectivity index (χ1n) is 5.93. The lowest BCUT2D eigenvalue weighted by Crippen LogP contribution is -2.22. The van der Waals surface area contributed by atoms with Crippen LogP contribution in [-0.2, 0) is 9.84 Å². The maximum Gasteiger partial charge on any atom is 0.210 e. The number of aromatic nitrogens is 1. The van der Waals surface area contributed by atoms with Crippen LogP contribution in [0, 0.1) is 5.92 Å². The summed E-state index contributed by atoms with van der Waals surface area (Å²) >= 11 is 1.22. The van der Waals surface area contributed by atoms with Gasteiger partial charge < -0.3 is 5.73 Å². The van der Waals surface area contributed by atoms with Crippen LogP contribution in [0.2, 0.25) is 0 Å². The first kappa shape index (κ1) is 11.9. The van der Waals surface area contributed by atoms with Crippen molar-refractivity contribution in [3.63, 3.8) is 0 Å². The molecule has 0 bridgehead atoms. The molecule has 2 aromatic rings. The van der Waals surface area contributed by atoms with Gasteiger partial charge in [0.15, 0.2) is 0 Å². The molecule has 96 valence electrons. The summed E-state index contributed by atoms with van der Waals surface area (Å²) in [5.74, 6) is 0.564. The number of hydrogen-bond acceptors (Lipinski definition) is 5. The molecule has 3 rings (SSSR count). The molecule has 1 saturated carbocycles. The smallest absolute Gasteiger partial charge is 0.210 e. The Morgan fingerprint density at radius 3 is 2.83 bits per heavy atom. The number of anilines is 1. The summed E-state index contributed by atoms with van der Waals surface area (Å²) in [6.45, 7) is 0. The minimum Gasteiger partial charge on any atom is -0.399 e. The van der Waals surface area contributed by atoms with Crippen molar-refractivity contribution in [1.82, 2.24) is 4.98 Å². The predicted octanol–water partition coefficient (Wildman–Crippen LogP) is 2.45. The quantitative estimate of drug-likeness (QED) is 0.878. The second kappa shape index (κ2) is 4.20. The Labute approximate surface area is 110 Å². The Balaban J connectivity index is 1.97. The molecule has 1 aliphatic carbocycles. The second-order valence-corrected chi connectivity index (χ2v) is 8.02. The van der Waals surface area contributed by atoms with E-state index >= 15 is 0 Å². The van der Waals surface area contributed by atoms with E-state index in [9.17, 15) is 8.42 Å². The van der Waals surface area contributed by atoms with Crippen LogP contribution in [-0.4, -0.2) is 19.2 Å². The minimum atomic E-state index is -3.23. The van der Waals surface area contributed by atoms with Crippen molar-refractivity contribution in [2.75, 3.05) is 11.5 Å². The molecule has 1 aliphatic rings. The number of rotatable bonds is 3. The molecule has 0 atom stereocenters. The third-order valence-electron chi connectivity index (χ3n) is 3.34. The molecule has 1 aromatic heterocycles. The highest BCUT2D eigenvalue weighted by Crippen LogP contribution is 2.32. The van der Waals surface area contributed by atoms with Crippen LogP contribution < -0.4 is 5.73 Å². The van der Waals surface area contributed by atoms with Gasteiger partial charge in [-0.2, -0.15) is 0 Å². The summed E-state index contributed by atoms with van der Waals surface area (Å²) < 4.78 is 25.5. The molecular weight excluding hydrogens is 268 g/mol. The van der Waals surface area contributed by atoms with E-state index in [1.54, 1.807) is 18.2 Å². The molecule has 18 heavy (non-hydrogen) atoms. The van der Waals surface area contributed by atoms with Crippen molar-refractivity contribution >= 4 is 37.1 Å². The maximum absolute atomic E-state index is 12.2. The van der Waals surface area contributed by atoms with Crippen molar-refractivity contribution in [3.05, 3.63) is 18.2 Å². The Morgan fingerprint density at radius 1 is 1.39 bits per heavy atom. The molecule has 4 nitrogen and oxygen atoms in total. The van der Waals surface area contributed by atoms with Gasteiger partial charge in [0, 0.05) is 5.69 Å². The average Bonchev–Trinajstić information content (AvgIpc) is 2.67. The monoisotopic (exact) mass is 282 g/mol. The molecule has 1 aromatic carbocycles. The van der Waals surface area contributed by atoms with E-state index in [0.29, 0.717) is 17.1 Å². The van der Waals surface area contributed by atoms with E-state index in [-0.39, 0.29) is 10.1 Å².